The minimum absolute atomic E-state index is 0.00422. The smallest absolute Gasteiger partial charge is 0.237 e. The lowest BCUT2D eigenvalue weighted by Gasteiger charge is -2.32. The second-order valence-corrected chi connectivity index (χ2v) is 10.3. The third kappa shape index (κ3) is 3.75. The zero-order valence-corrected chi connectivity index (χ0v) is 20.2. The summed E-state index contributed by atoms with van der Waals surface area (Å²) in [5.41, 5.74) is 3.68. The summed E-state index contributed by atoms with van der Waals surface area (Å²) in [6.45, 7) is 2.69. The number of aryl methyl sites for hydroxylation is 2. The van der Waals surface area contributed by atoms with Gasteiger partial charge >= 0.3 is 0 Å². The van der Waals surface area contributed by atoms with Crippen molar-refractivity contribution in [2.45, 2.75) is 83.2 Å². The highest BCUT2D eigenvalue weighted by molar-refractivity contribution is 5.96. The largest absolute Gasteiger partial charge is 0.324 e. The van der Waals surface area contributed by atoms with E-state index < -0.39 is 5.43 Å². The summed E-state index contributed by atoms with van der Waals surface area (Å²) < 4.78 is 4.15. The first-order valence-electron chi connectivity index (χ1n) is 12.8. The minimum Gasteiger partial charge on any atom is -0.324 e. The van der Waals surface area contributed by atoms with Crippen LogP contribution in [0.25, 0.3) is 22.1 Å². The van der Waals surface area contributed by atoms with Crippen LogP contribution >= 0.6 is 0 Å². The molecule has 7 rings (SSSR count). The van der Waals surface area contributed by atoms with Crippen molar-refractivity contribution in [2.75, 3.05) is 0 Å². The van der Waals surface area contributed by atoms with Crippen molar-refractivity contribution in [2.24, 2.45) is 0 Å². The summed E-state index contributed by atoms with van der Waals surface area (Å²) in [4.78, 5) is 39.7. The summed E-state index contributed by atoms with van der Waals surface area (Å²) in [7, 11) is 0. The summed E-state index contributed by atoms with van der Waals surface area (Å²) >= 11 is 0. The minimum atomic E-state index is -0.391. The van der Waals surface area contributed by atoms with Crippen LogP contribution < -0.4 is 5.43 Å². The van der Waals surface area contributed by atoms with Crippen molar-refractivity contribution in [1.29, 1.82) is 0 Å². The molecule has 0 N–H and O–H groups in total. The highest BCUT2D eigenvalue weighted by atomic mass is 16.1. The van der Waals surface area contributed by atoms with Crippen molar-refractivity contribution in [3.63, 3.8) is 0 Å². The first kappa shape index (κ1) is 22.1. The zero-order valence-electron chi connectivity index (χ0n) is 20.2. The monoisotopic (exact) mass is 470 g/mol. The molecule has 3 aliphatic rings. The molecule has 2 aliphatic heterocycles. The average Bonchev–Trinajstić information content (AvgIpc) is 3.48. The number of carbonyl (C=O) groups is 1. The SMILES string of the molecule is Cc1cn2c3ncc(cc13)CCCCCCC(=O)c1nn(c3cncnc3c1=O)CC21CCCC1. The maximum atomic E-state index is 13.2. The van der Waals surface area contributed by atoms with Gasteiger partial charge in [-0.25, -0.2) is 15.0 Å². The highest BCUT2D eigenvalue weighted by Gasteiger charge is 2.38. The summed E-state index contributed by atoms with van der Waals surface area (Å²) in [5, 5.41) is 5.88. The number of ketones is 1. The number of carbonyl (C=O) groups excluding carboxylic acids is 1. The van der Waals surface area contributed by atoms with Crippen molar-refractivity contribution >= 4 is 27.9 Å². The Labute approximate surface area is 203 Å². The van der Waals surface area contributed by atoms with Gasteiger partial charge in [0.2, 0.25) is 5.43 Å². The fourth-order valence-corrected chi connectivity index (χ4v) is 6.00. The Bertz CT molecular complexity index is 1500. The molecule has 0 aromatic carbocycles. The van der Waals surface area contributed by atoms with Gasteiger partial charge in [0.15, 0.2) is 11.5 Å². The number of fused-ring (bicyclic) bond motifs is 8. The fourth-order valence-electron chi connectivity index (χ4n) is 6.00. The van der Waals surface area contributed by atoms with Gasteiger partial charge < -0.3 is 4.57 Å². The van der Waals surface area contributed by atoms with E-state index in [0.29, 0.717) is 18.5 Å². The van der Waals surface area contributed by atoms with Crippen molar-refractivity contribution in [3.05, 3.63) is 58.0 Å². The molecule has 1 aliphatic carbocycles. The second-order valence-electron chi connectivity index (χ2n) is 10.3. The van der Waals surface area contributed by atoms with Crippen LogP contribution in [0.4, 0.5) is 0 Å². The molecule has 0 amide bonds. The molecule has 8 heteroatoms. The molecule has 1 spiro atoms. The van der Waals surface area contributed by atoms with E-state index in [9.17, 15) is 9.59 Å². The third-order valence-electron chi connectivity index (χ3n) is 7.89. The van der Waals surface area contributed by atoms with Crippen LogP contribution in [0, 0.1) is 6.92 Å². The zero-order chi connectivity index (χ0) is 24.0. The van der Waals surface area contributed by atoms with Crippen LogP contribution in [0.2, 0.25) is 0 Å². The molecular formula is C27H30N6O2. The number of hydrogen-bond acceptors (Lipinski definition) is 6. The lowest BCUT2D eigenvalue weighted by atomic mass is 9.96. The van der Waals surface area contributed by atoms with Gasteiger partial charge in [0.25, 0.3) is 0 Å². The number of hydrogen-bond donors (Lipinski definition) is 0. The fraction of sp³-hybridized carbons (Fsp3) is 0.481. The molecule has 6 bridgehead atoms. The van der Waals surface area contributed by atoms with E-state index in [-0.39, 0.29) is 22.5 Å². The van der Waals surface area contributed by atoms with Crippen LogP contribution in [0.5, 0.6) is 0 Å². The molecule has 4 aromatic rings. The van der Waals surface area contributed by atoms with Crippen LogP contribution in [-0.2, 0) is 18.5 Å². The van der Waals surface area contributed by atoms with Gasteiger partial charge in [0.05, 0.1) is 18.3 Å². The van der Waals surface area contributed by atoms with Gasteiger partial charge in [-0.05, 0) is 56.2 Å². The summed E-state index contributed by atoms with van der Waals surface area (Å²) in [6, 6.07) is 2.30. The van der Waals surface area contributed by atoms with E-state index >= 15 is 0 Å². The molecule has 0 saturated heterocycles. The Morgan fingerprint density at radius 1 is 0.943 bits per heavy atom. The molecule has 4 aromatic heterocycles. The topological polar surface area (TPSA) is 95.6 Å². The number of nitrogens with zero attached hydrogens (tertiary/aromatic N) is 6. The molecule has 0 radical (unpaired) electrons. The Kier molecular flexibility index (Phi) is 5.46. The van der Waals surface area contributed by atoms with E-state index in [4.69, 9.17) is 4.98 Å². The van der Waals surface area contributed by atoms with Crippen LogP contribution in [-0.4, -0.2) is 35.1 Å². The quantitative estimate of drug-likeness (QED) is 0.375. The average molecular weight is 471 g/mol. The van der Waals surface area contributed by atoms with Crippen molar-refractivity contribution < 1.29 is 4.79 Å². The first-order chi connectivity index (χ1) is 17.1. The van der Waals surface area contributed by atoms with Crippen molar-refractivity contribution in [1.82, 2.24) is 29.3 Å². The predicted molar refractivity (Wildman–Crippen MR) is 134 cm³/mol. The summed E-state index contributed by atoms with van der Waals surface area (Å²) in [6.07, 6.45) is 16.6. The Hall–Kier alpha value is -3.42. The molecule has 0 unspecified atom stereocenters. The van der Waals surface area contributed by atoms with E-state index in [2.05, 4.69) is 38.8 Å². The Morgan fingerprint density at radius 2 is 1.74 bits per heavy atom. The first-order valence-corrected chi connectivity index (χ1v) is 12.8. The van der Waals surface area contributed by atoms with Crippen LogP contribution in [0.15, 0.2) is 35.8 Å². The van der Waals surface area contributed by atoms with Gasteiger partial charge in [-0.1, -0.05) is 25.7 Å². The molecule has 0 atom stereocenters. The molecule has 8 nitrogen and oxygen atoms in total. The maximum Gasteiger partial charge on any atom is 0.237 e. The molecule has 1 saturated carbocycles. The molecule has 1 fully saturated rings. The molecule has 180 valence electrons. The number of aromatic nitrogens is 6. The van der Waals surface area contributed by atoms with Crippen LogP contribution in [0.1, 0.15) is 79.4 Å². The van der Waals surface area contributed by atoms with Gasteiger partial charge in [-0.2, -0.15) is 5.10 Å². The number of Topliss-reactive ketones (excluding diaryl/α,β-unsaturated/α-hetero) is 1. The highest BCUT2D eigenvalue weighted by Crippen LogP contribution is 2.41. The lowest BCUT2D eigenvalue weighted by molar-refractivity contribution is 0.0970. The Balaban J connectivity index is 1.58. The maximum absolute atomic E-state index is 13.2. The van der Waals surface area contributed by atoms with Gasteiger partial charge in [-0.15, -0.1) is 0 Å². The van der Waals surface area contributed by atoms with Crippen molar-refractivity contribution in [3.8, 4) is 0 Å². The summed E-state index contributed by atoms with van der Waals surface area (Å²) in [5.74, 6) is -0.193. The van der Waals surface area contributed by atoms with E-state index in [1.807, 2.05) is 10.9 Å². The predicted octanol–water partition coefficient (Wildman–Crippen LogP) is 4.50. The third-order valence-corrected chi connectivity index (χ3v) is 7.89. The Morgan fingerprint density at radius 3 is 2.57 bits per heavy atom. The van der Waals surface area contributed by atoms with Crippen LogP contribution in [0.3, 0.4) is 0 Å². The van der Waals surface area contributed by atoms with Gasteiger partial charge in [0.1, 0.15) is 23.0 Å². The molecule has 35 heavy (non-hydrogen) atoms. The van der Waals surface area contributed by atoms with E-state index in [1.165, 1.54) is 22.8 Å². The van der Waals surface area contributed by atoms with E-state index in [0.717, 1.165) is 63.4 Å². The van der Waals surface area contributed by atoms with E-state index in [1.54, 1.807) is 6.20 Å². The molecular weight excluding hydrogens is 440 g/mol. The normalized spacial score (nSPS) is 18.7. The van der Waals surface area contributed by atoms with Gasteiger partial charge in [0, 0.05) is 24.2 Å². The lowest BCUT2D eigenvalue weighted by Crippen LogP contribution is -2.37. The second kappa shape index (κ2) is 8.66. The number of rotatable bonds is 0. The van der Waals surface area contributed by atoms with Gasteiger partial charge in [-0.3, -0.25) is 14.3 Å². The molecule has 6 heterocycles. The standard InChI is InChI=1S/C27H30N6O2/c1-18-15-32-26-20(18)12-19(13-29-26)8-4-2-3-5-9-22(34)24-25(35)23-21(14-28-17-30-23)33(31-24)16-27(32)10-6-7-11-27/h12-15,17H,2-11,16H2,1H3. The number of pyridine rings is 1.